The average molecular weight is 219 g/mol. The minimum Gasteiger partial charge on any atom is -0.377 e. The molecule has 0 aromatic heterocycles. The lowest BCUT2D eigenvalue weighted by Crippen LogP contribution is -2.06. The van der Waals surface area contributed by atoms with Gasteiger partial charge < -0.3 is 4.74 Å². The fraction of sp³-hybridized carbons (Fsp3) is 0.222. The second-order valence-electron chi connectivity index (χ2n) is 2.51. The quantitative estimate of drug-likeness (QED) is 0.730. The van der Waals surface area contributed by atoms with Crippen molar-refractivity contribution in [3.63, 3.8) is 0 Å². The van der Waals surface area contributed by atoms with Crippen molar-refractivity contribution in [1.82, 2.24) is 0 Å². The van der Waals surface area contributed by atoms with Crippen LogP contribution in [0.3, 0.4) is 0 Å². The molecule has 1 aromatic rings. The van der Waals surface area contributed by atoms with Crippen LogP contribution in [0.4, 0.5) is 0 Å². The van der Waals surface area contributed by atoms with E-state index in [0.717, 1.165) is 0 Å². The highest BCUT2D eigenvalue weighted by Crippen LogP contribution is 2.19. The lowest BCUT2D eigenvalue weighted by atomic mass is 10.1. The first kappa shape index (κ1) is 10.5. The van der Waals surface area contributed by atoms with Crippen LogP contribution in [0.15, 0.2) is 18.2 Å². The van der Waals surface area contributed by atoms with E-state index in [0.29, 0.717) is 15.6 Å². The van der Waals surface area contributed by atoms with Crippen LogP contribution in [-0.4, -0.2) is 19.5 Å². The first-order valence-corrected chi connectivity index (χ1v) is 4.37. The molecule has 1 rings (SSSR count). The summed E-state index contributed by atoms with van der Waals surface area (Å²) in [7, 11) is 1.46. The van der Waals surface area contributed by atoms with E-state index < -0.39 is 0 Å². The number of Topliss-reactive ketones (excluding diaryl/α,β-unsaturated/α-hetero) is 1. The van der Waals surface area contributed by atoms with Crippen molar-refractivity contribution >= 4 is 29.0 Å². The normalized spacial score (nSPS) is 10.1. The van der Waals surface area contributed by atoms with Gasteiger partial charge in [-0.2, -0.15) is 0 Å². The third-order valence-electron chi connectivity index (χ3n) is 1.46. The van der Waals surface area contributed by atoms with E-state index in [9.17, 15) is 4.79 Å². The fourth-order valence-corrected chi connectivity index (χ4v) is 1.46. The van der Waals surface area contributed by atoms with Gasteiger partial charge >= 0.3 is 0 Å². The minimum absolute atomic E-state index is 0.0384. The molecule has 0 aliphatic rings. The summed E-state index contributed by atoms with van der Waals surface area (Å²) in [4.78, 5) is 11.3. The second kappa shape index (κ2) is 4.61. The molecule has 0 bridgehead atoms. The van der Waals surface area contributed by atoms with Crippen molar-refractivity contribution in [2.24, 2.45) is 0 Å². The number of hydrogen-bond donors (Lipinski definition) is 0. The molecule has 4 heteroatoms. The third kappa shape index (κ3) is 2.99. The number of halogens is 2. The van der Waals surface area contributed by atoms with Gasteiger partial charge in [-0.05, 0) is 18.2 Å². The van der Waals surface area contributed by atoms with Crippen molar-refractivity contribution in [2.45, 2.75) is 0 Å². The van der Waals surface area contributed by atoms with Gasteiger partial charge in [0, 0.05) is 22.7 Å². The monoisotopic (exact) mass is 218 g/mol. The van der Waals surface area contributed by atoms with Gasteiger partial charge in [-0.1, -0.05) is 23.2 Å². The molecule has 70 valence electrons. The molecule has 0 heterocycles. The molecule has 0 N–H and O–H groups in total. The molecular formula is C9H8Cl2O2. The van der Waals surface area contributed by atoms with E-state index in [-0.39, 0.29) is 12.4 Å². The van der Waals surface area contributed by atoms with Gasteiger partial charge in [0.1, 0.15) is 6.61 Å². The van der Waals surface area contributed by atoms with E-state index >= 15 is 0 Å². The summed E-state index contributed by atoms with van der Waals surface area (Å²) in [6.45, 7) is 0.0384. The van der Waals surface area contributed by atoms with Crippen molar-refractivity contribution in [2.75, 3.05) is 13.7 Å². The summed E-state index contributed by atoms with van der Waals surface area (Å²) >= 11 is 11.4. The minimum atomic E-state index is -0.132. The Labute approximate surface area is 86.4 Å². The summed E-state index contributed by atoms with van der Waals surface area (Å²) in [6.07, 6.45) is 0. The van der Waals surface area contributed by atoms with Crippen LogP contribution in [-0.2, 0) is 4.74 Å². The highest BCUT2D eigenvalue weighted by Gasteiger charge is 2.06. The van der Waals surface area contributed by atoms with Gasteiger partial charge in [0.05, 0.1) is 0 Å². The van der Waals surface area contributed by atoms with Crippen LogP contribution in [0.2, 0.25) is 10.0 Å². The molecule has 0 spiro atoms. The molecular weight excluding hydrogens is 211 g/mol. The maximum Gasteiger partial charge on any atom is 0.188 e. The summed E-state index contributed by atoms with van der Waals surface area (Å²) in [5.74, 6) is -0.132. The molecule has 0 radical (unpaired) electrons. The van der Waals surface area contributed by atoms with Crippen LogP contribution < -0.4 is 0 Å². The van der Waals surface area contributed by atoms with Gasteiger partial charge in [-0.15, -0.1) is 0 Å². The topological polar surface area (TPSA) is 26.3 Å². The molecule has 1 aromatic carbocycles. The van der Waals surface area contributed by atoms with Crippen molar-refractivity contribution < 1.29 is 9.53 Å². The Bertz CT molecular complexity index is 303. The number of carbonyl (C=O) groups is 1. The van der Waals surface area contributed by atoms with E-state index in [4.69, 9.17) is 27.9 Å². The highest BCUT2D eigenvalue weighted by atomic mass is 35.5. The Balaban J connectivity index is 2.94. The lowest BCUT2D eigenvalue weighted by Gasteiger charge is -2.00. The van der Waals surface area contributed by atoms with Crippen LogP contribution >= 0.6 is 23.2 Å². The Kier molecular flexibility index (Phi) is 3.72. The fourth-order valence-electron chi connectivity index (χ4n) is 0.929. The Morgan fingerprint density at radius 2 is 1.85 bits per heavy atom. The van der Waals surface area contributed by atoms with E-state index in [1.165, 1.54) is 7.11 Å². The van der Waals surface area contributed by atoms with E-state index in [1.807, 2.05) is 0 Å². The molecule has 0 aliphatic heterocycles. The zero-order chi connectivity index (χ0) is 9.84. The zero-order valence-corrected chi connectivity index (χ0v) is 8.52. The van der Waals surface area contributed by atoms with Crippen LogP contribution in [0.1, 0.15) is 10.4 Å². The number of ketones is 1. The van der Waals surface area contributed by atoms with Crippen LogP contribution in [0.25, 0.3) is 0 Å². The molecule has 13 heavy (non-hydrogen) atoms. The van der Waals surface area contributed by atoms with Gasteiger partial charge in [0.25, 0.3) is 0 Å². The molecule has 0 atom stereocenters. The molecule has 0 amide bonds. The molecule has 0 aliphatic carbocycles. The third-order valence-corrected chi connectivity index (χ3v) is 1.90. The standard InChI is InChI=1S/C9H8Cl2O2/c1-13-5-9(12)6-2-7(10)4-8(11)3-6/h2-4H,5H2,1H3. The Morgan fingerprint density at radius 3 is 2.31 bits per heavy atom. The van der Waals surface area contributed by atoms with Crippen molar-refractivity contribution in [3.8, 4) is 0 Å². The number of hydrogen-bond acceptors (Lipinski definition) is 2. The number of ether oxygens (including phenoxy) is 1. The largest absolute Gasteiger partial charge is 0.377 e. The van der Waals surface area contributed by atoms with Crippen LogP contribution in [0.5, 0.6) is 0 Å². The van der Waals surface area contributed by atoms with E-state index in [1.54, 1.807) is 18.2 Å². The van der Waals surface area contributed by atoms with Crippen molar-refractivity contribution in [3.05, 3.63) is 33.8 Å². The SMILES string of the molecule is COCC(=O)c1cc(Cl)cc(Cl)c1. The number of rotatable bonds is 3. The second-order valence-corrected chi connectivity index (χ2v) is 3.39. The first-order chi connectivity index (χ1) is 6.13. The lowest BCUT2D eigenvalue weighted by molar-refractivity contribution is 0.0848. The van der Waals surface area contributed by atoms with Crippen LogP contribution in [0, 0.1) is 0 Å². The first-order valence-electron chi connectivity index (χ1n) is 3.61. The molecule has 0 saturated carbocycles. The number of methoxy groups -OCH3 is 1. The van der Waals surface area contributed by atoms with Gasteiger partial charge in [-0.25, -0.2) is 0 Å². The smallest absolute Gasteiger partial charge is 0.188 e. The Hall–Kier alpha value is -0.570. The molecule has 0 saturated heterocycles. The van der Waals surface area contributed by atoms with Gasteiger partial charge in [-0.3, -0.25) is 4.79 Å². The summed E-state index contributed by atoms with van der Waals surface area (Å²) in [5, 5.41) is 0.902. The van der Waals surface area contributed by atoms with Crippen molar-refractivity contribution in [1.29, 1.82) is 0 Å². The van der Waals surface area contributed by atoms with E-state index in [2.05, 4.69) is 0 Å². The number of benzene rings is 1. The number of carbonyl (C=O) groups excluding carboxylic acids is 1. The predicted molar refractivity (Wildman–Crippen MR) is 52.7 cm³/mol. The zero-order valence-electron chi connectivity index (χ0n) is 7.01. The molecule has 0 unspecified atom stereocenters. The maximum absolute atomic E-state index is 11.3. The average Bonchev–Trinajstić information content (AvgIpc) is 2.03. The maximum atomic E-state index is 11.3. The Morgan fingerprint density at radius 1 is 1.31 bits per heavy atom. The predicted octanol–water partition coefficient (Wildman–Crippen LogP) is 2.82. The molecule has 2 nitrogen and oxygen atoms in total. The molecule has 0 fully saturated rings. The van der Waals surface area contributed by atoms with Gasteiger partial charge in [0.15, 0.2) is 5.78 Å². The highest BCUT2D eigenvalue weighted by molar-refractivity contribution is 6.35. The summed E-state index contributed by atoms with van der Waals surface area (Å²) in [6, 6.07) is 4.70. The van der Waals surface area contributed by atoms with Gasteiger partial charge in [0.2, 0.25) is 0 Å². The summed E-state index contributed by atoms with van der Waals surface area (Å²) < 4.78 is 4.70. The summed E-state index contributed by atoms with van der Waals surface area (Å²) in [5.41, 5.74) is 0.472.